The van der Waals surface area contributed by atoms with Gasteiger partial charge in [-0.05, 0) is 29.2 Å². The molecular weight excluding hydrogens is 284 g/mol. The Hall–Kier alpha value is -2.00. The minimum Gasteiger partial charge on any atom is -0.398 e. The fraction of sp³-hybridized carbons (Fsp3) is 0.235. The molecule has 3 N–H and O–H groups in total. The van der Waals surface area contributed by atoms with Crippen LogP contribution in [0.15, 0.2) is 42.5 Å². The van der Waals surface area contributed by atoms with E-state index < -0.39 is 0 Å². The van der Waals surface area contributed by atoms with E-state index in [1.807, 2.05) is 24.3 Å². The molecule has 1 amide bonds. The van der Waals surface area contributed by atoms with Crippen molar-refractivity contribution in [1.82, 2.24) is 0 Å². The fourth-order valence-electron chi connectivity index (χ4n) is 2.16. The number of amides is 1. The molecule has 2 rings (SSSR count). The Kier molecular flexibility index (Phi) is 4.24. The Morgan fingerprint density at radius 3 is 2.43 bits per heavy atom. The van der Waals surface area contributed by atoms with Gasteiger partial charge in [-0.1, -0.05) is 56.6 Å². The molecule has 2 aromatic carbocycles. The molecule has 4 heteroatoms. The molecular formula is C17H19ClN2O. The maximum Gasteiger partial charge on any atom is 0.257 e. The van der Waals surface area contributed by atoms with E-state index in [1.165, 1.54) is 0 Å². The zero-order valence-corrected chi connectivity index (χ0v) is 13.2. The molecule has 0 radical (unpaired) electrons. The molecule has 21 heavy (non-hydrogen) atoms. The average Bonchev–Trinajstić information content (AvgIpc) is 2.41. The van der Waals surface area contributed by atoms with Gasteiger partial charge in [0.05, 0.1) is 16.3 Å². The molecule has 0 atom stereocenters. The highest BCUT2D eigenvalue weighted by molar-refractivity contribution is 6.36. The number of benzene rings is 2. The standard InChI is InChI=1S/C17H19ClN2O/c1-17(2,3)12-8-4-5-10-14(12)20-16(21)11-7-6-9-13(19)15(11)18/h4-10H,19H2,1-3H3,(H,20,21). The third-order valence-corrected chi connectivity index (χ3v) is 3.68. The smallest absolute Gasteiger partial charge is 0.257 e. The number of nitrogens with two attached hydrogens (primary N) is 1. The van der Waals surface area contributed by atoms with Crippen molar-refractivity contribution in [2.75, 3.05) is 11.1 Å². The summed E-state index contributed by atoms with van der Waals surface area (Å²) in [6.45, 7) is 6.31. The first kappa shape index (κ1) is 15.4. The lowest BCUT2D eigenvalue weighted by Gasteiger charge is -2.23. The van der Waals surface area contributed by atoms with Gasteiger partial charge in [-0.2, -0.15) is 0 Å². The zero-order chi connectivity index (χ0) is 15.6. The highest BCUT2D eigenvalue weighted by atomic mass is 35.5. The summed E-state index contributed by atoms with van der Waals surface area (Å²) in [5.74, 6) is -0.260. The van der Waals surface area contributed by atoms with E-state index in [0.29, 0.717) is 11.3 Å². The lowest BCUT2D eigenvalue weighted by Crippen LogP contribution is -2.19. The van der Waals surface area contributed by atoms with Crippen LogP contribution in [0, 0.1) is 0 Å². The predicted octanol–water partition coefficient (Wildman–Crippen LogP) is 4.47. The largest absolute Gasteiger partial charge is 0.398 e. The number of rotatable bonds is 2. The molecule has 0 unspecified atom stereocenters. The lowest BCUT2D eigenvalue weighted by molar-refractivity contribution is 0.102. The first-order valence-corrected chi connectivity index (χ1v) is 7.13. The van der Waals surface area contributed by atoms with E-state index in [4.69, 9.17) is 17.3 Å². The van der Waals surface area contributed by atoms with Crippen molar-refractivity contribution in [3.63, 3.8) is 0 Å². The van der Waals surface area contributed by atoms with Crippen LogP contribution < -0.4 is 11.1 Å². The van der Waals surface area contributed by atoms with Crippen LogP contribution in [0.1, 0.15) is 36.7 Å². The molecule has 110 valence electrons. The predicted molar refractivity (Wildman–Crippen MR) is 89.0 cm³/mol. The van der Waals surface area contributed by atoms with Crippen molar-refractivity contribution < 1.29 is 4.79 Å². The first-order valence-electron chi connectivity index (χ1n) is 6.75. The number of halogens is 1. The second-order valence-corrected chi connectivity index (χ2v) is 6.34. The van der Waals surface area contributed by atoms with Crippen LogP contribution in [-0.2, 0) is 5.41 Å². The number of carbonyl (C=O) groups excluding carboxylic acids is 1. The molecule has 2 aromatic rings. The number of anilines is 2. The summed E-state index contributed by atoms with van der Waals surface area (Å²) in [5.41, 5.74) is 8.30. The summed E-state index contributed by atoms with van der Waals surface area (Å²) in [5, 5.41) is 3.20. The van der Waals surface area contributed by atoms with Gasteiger partial charge in [-0.15, -0.1) is 0 Å². The van der Waals surface area contributed by atoms with Crippen LogP contribution in [-0.4, -0.2) is 5.91 Å². The summed E-state index contributed by atoms with van der Waals surface area (Å²) in [4.78, 5) is 12.4. The number of hydrogen-bond acceptors (Lipinski definition) is 2. The minimum absolute atomic E-state index is 0.0661. The summed E-state index contributed by atoms with van der Waals surface area (Å²) >= 11 is 6.10. The van der Waals surface area contributed by atoms with Crippen LogP contribution >= 0.6 is 11.6 Å². The number of hydrogen-bond donors (Lipinski definition) is 2. The molecule has 0 aromatic heterocycles. The Labute approximate surface area is 130 Å². The van der Waals surface area contributed by atoms with E-state index in [0.717, 1.165) is 11.3 Å². The molecule has 0 aliphatic carbocycles. The van der Waals surface area contributed by atoms with Gasteiger partial charge in [0.15, 0.2) is 0 Å². The lowest BCUT2D eigenvalue weighted by atomic mass is 9.86. The Morgan fingerprint density at radius 2 is 1.76 bits per heavy atom. The third kappa shape index (κ3) is 3.37. The Morgan fingerprint density at radius 1 is 1.10 bits per heavy atom. The summed E-state index contributed by atoms with van der Waals surface area (Å²) in [6, 6.07) is 12.8. The van der Waals surface area contributed by atoms with Crippen LogP contribution in [0.2, 0.25) is 5.02 Å². The van der Waals surface area contributed by atoms with Gasteiger partial charge < -0.3 is 11.1 Å². The number of nitrogen functional groups attached to an aromatic ring is 1. The van der Waals surface area contributed by atoms with Crippen molar-refractivity contribution in [3.8, 4) is 0 Å². The van der Waals surface area contributed by atoms with Crippen molar-refractivity contribution in [3.05, 3.63) is 58.6 Å². The number of para-hydroxylation sites is 1. The summed E-state index contributed by atoms with van der Waals surface area (Å²) in [6.07, 6.45) is 0. The van der Waals surface area contributed by atoms with Gasteiger partial charge in [0.2, 0.25) is 0 Å². The zero-order valence-electron chi connectivity index (χ0n) is 12.4. The van der Waals surface area contributed by atoms with Crippen molar-refractivity contribution >= 4 is 28.9 Å². The molecule has 0 spiro atoms. The van der Waals surface area contributed by atoms with Crippen LogP contribution in [0.25, 0.3) is 0 Å². The minimum atomic E-state index is -0.260. The molecule has 0 saturated heterocycles. The van der Waals surface area contributed by atoms with Crippen LogP contribution in [0.5, 0.6) is 0 Å². The van der Waals surface area contributed by atoms with Gasteiger partial charge in [-0.3, -0.25) is 4.79 Å². The van der Waals surface area contributed by atoms with E-state index in [1.54, 1.807) is 18.2 Å². The summed E-state index contributed by atoms with van der Waals surface area (Å²) in [7, 11) is 0. The highest BCUT2D eigenvalue weighted by Gasteiger charge is 2.20. The van der Waals surface area contributed by atoms with Crippen molar-refractivity contribution in [2.45, 2.75) is 26.2 Å². The monoisotopic (exact) mass is 302 g/mol. The number of nitrogens with one attached hydrogen (secondary N) is 1. The SMILES string of the molecule is CC(C)(C)c1ccccc1NC(=O)c1cccc(N)c1Cl. The van der Waals surface area contributed by atoms with E-state index in [-0.39, 0.29) is 16.3 Å². The first-order chi connectivity index (χ1) is 9.80. The van der Waals surface area contributed by atoms with Gasteiger partial charge in [0.25, 0.3) is 5.91 Å². The topological polar surface area (TPSA) is 55.1 Å². The molecule has 0 bridgehead atoms. The number of carbonyl (C=O) groups is 1. The van der Waals surface area contributed by atoms with Crippen molar-refractivity contribution in [1.29, 1.82) is 0 Å². The van der Waals surface area contributed by atoms with E-state index in [2.05, 4.69) is 26.1 Å². The molecule has 3 nitrogen and oxygen atoms in total. The Balaban J connectivity index is 2.35. The van der Waals surface area contributed by atoms with Crippen molar-refractivity contribution in [2.24, 2.45) is 0 Å². The Bertz CT molecular complexity index is 675. The van der Waals surface area contributed by atoms with Gasteiger partial charge in [0, 0.05) is 5.69 Å². The van der Waals surface area contributed by atoms with Crippen LogP contribution in [0.4, 0.5) is 11.4 Å². The normalized spacial score (nSPS) is 11.2. The highest BCUT2D eigenvalue weighted by Crippen LogP contribution is 2.30. The van der Waals surface area contributed by atoms with E-state index in [9.17, 15) is 4.79 Å². The molecule has 0 saturated carbocycles. The maximum absolute atomic E-state index is 12.4. The van der Waals surface area contributed by atoms with Crippen LogP contribution in [0.3, 0.4) is 0 Å². The second-order valence-electron chi connectivity index (χ2n) is 5.96. The van der Waals surface area contributed by atoms with E-state index >= 15 is 0 Å². The quantitative estimate of drug-likeness (QED) is 0.804. The molecule has 0 aliphatic heterocycles. The molecule has 0 aliphatic rings. The second kappa shape index (κ2) is 5.78. The fourth-order valence-corrected chi connectivity index (χ4v) is 2.37. The summed E-state index contributed by atoms with van der Waals surface area (Å²) < 4.78 is 0. The average molecular weight is 303 g/mol. The molecule has 0 fully saturated rings. The van der Waals surface area contributed by atoms with Gasteiger partial charge in [0.1, 0.15) is 0 Å². The third-order valence-electron chi connectivity index (χ3n) is 3.26. The van der Waals surface area contributed by atoms with Gasteiger partial charge >= 0.3 is 0 Å². The molecule has 0 heterocycles. The maximum atomic E-state index is 12.4. The van der Waals surface area contributed by atoms with Gasteiger partial charge in [-0.25, -0.2) is 0 Å².